The number of sulfone groups is 1. The van der Waals surface area contributed by atoms with E-state index in [0.717, 1.165) is 0 Å². The number of benzene rings is 1. The lowest BCUT2D eigenvalue weighted by Gasteiger charge is -2.06. The Morgan fingerprint density at radius 3 is 2.50 bits per heavy atom. The van der Waals surface area contributed by atoms with Gasteiger partial charge in [0, 0.05) is 12.6 Å². The summed E-state index contributed by atoms with van der Waals surface area (Å²) in [5, 5.41) is 2.99. The van der Waals surface area contributed by atoms with E-state index in [1.807, 2.05) is 6.07 Å². The highest BCUT2D eigenvalue weighted by Crippen LogP contribution is 2.11. The molecule has 0 spiro atoms. The largest absolute Gasteiger partial charge is 0.311 e. The first-order chi connectivity index (χ1) is 10.4. The van der Waals surface area contributed by atoms with E-state index in [-0.39, 0.29) is 17.9 Å². The summed E-state index contributed by atoms with van der Waals surface area (Å²) in [6, 6.07) is 12.0. The minimum atomic E-state index is -3.33. The first-order valence-electron chi connectivity index (χ1n) is 6.60. The lowest BCUT2D eigenvalue weighted by Crippen LogP contribution is -2.18. The van der Waals surface area contributed by atoms with Crippen LogP contribution in [0.5, 0.6) is 0 Å². The number of carbonyl (C=O) groups excluding carboxylic acids is 1. The van der Waals surface area contributed by atoms with Gasteiger partial charge in [0.1, 0.15) is 5.82 Å². The molecule has 1 amide bonds. The fourth-order valence-electron chi connectivity index (χ4n) is 1.80. The summed E-state index contributed by atoms with van der Waals surface area (Å²) in [5.74, 6) is -0.330. The second kappa shape index (κ2) is 7.38. The number of pyridine rings is 1. The van der Waals surface area contributed by atoms with Crippen LogP contribution in [0.1, 0.15) is 12.0 Å². The van der Waals surface area contributed by atoms with Crippen molar-refractivity contribution in [2.45, 2.75) is 12.2 Å². The van der Waals surface area contributed by atoms with Crippen molar-refractivity contribution in [2.24, 2.45) is 0 Å². The standard InChI is InChI=1S/C15H15ClN2O3S/c16-13-6-7-14(17-10-13)18-15(19)8-9-22(20,21)11-12-4-2-1-3-5-12/h1-7,10H,8-9,11H2,(H,17,18,19). The lowest BCUT2D eigenvalue weighted by molar-refractivity contribution is -0.115. The molecule has 0 aliphatic heterocycles. The van der Waals surface area contributed by atoms with Gasteiger partial charge in [-0.3, -0.25) is 4.79 Å². The quantitative estimate of drug-likeness (QED) is 0.878. The molecule has 0 bridgehead atoms. The van der Waals surface area contributed by atoms with Crippen LogP contribution in [0.25, 0.3) is 0 Å². The van der Waals surface area contributed by atoms with Gasteiger partial charge in [0.15, 0.2) is 9.84 Å². The molecule has 22 heavy (non-hydrogen) atoms. The van der Waals surface area contributed by atoms with Crippen molar-refractivity contribution < 1.29 is 13.2 Å². The maximum absolute atomic E-state index is 12.0. The van der Waals surface area contributed by atoms with Crippen LogP contribution in [0, 0.1) is 0 Å². The Balaban J connectivity index is 1.86. The van der Waals surface area contributed by atoms with Crippen molar-refractivity contribution in [1.82, 2.24) is 4.98 Å². The topological polar surface area (TPSA) is 76.1 Å². The van der Waals surface area contributed by atoms with Gasteiger partial charge in [-0.15, -0.1) is 0 Å². The van der Waals surface area contributed by atoms with Crippen molar-refractivity contribution in [3.63, 3.8) is 0 Å². The minimum absolute atomic E-state index is 0.0691. The number of amides is 1. The molecule has 116 valence electrons. The highest BCUT2D eigenvalue weighted by Gasteiger charge is 2.14. The van der Waals surface area contributed by atoms with Gasteiger partial charge in [-0.05, 0) is 17.7 Å². The van der Waals surface area contributed by atoms with Gasteiger partial charge in [-0.2, -0.15) is 0 Å². The smallest absolute Gasteiger partial charge is 0.226 e. The third-order valence-electron chi connectivity index (χ3n) is 2.86. The average molecular weight is 339 g/mol. The summed E-state index contributed by atoms with van der Waals surface area (Å²) >= 11 is 5.69. The molecule has 0 aliphatic carbocycles. The van der Waals surface area contributed by atoms with Gasteiger partial charge in [0.2, 0.25) is 5.91 Å². The third-order valence-corrected chi connectivity index (χ3v) is 4.69. The summed E-state index contributed by atoms with van der Waals surface area (Å²) in [6.45, 7) is 0. The summed E-state index contributed by atoms with van der Waals surface area (Å²) < 4.78 is 24.0. The normalized spacial score (nSPS) is 11.1. The van der Waals surface area contributed by atoms with Crippen LogP contribution >= 0.6 is 11.6 Å². The van der Waals surface area contributed by atoms with Gasteiger partial charge >= 0.3 is 0 Å². The van der Waals surface area contributed by atoms with E-state index in [1.165, 1.54) is 6.20 Å². The molecule has 0 aliphatic rings. The Kier molecular flexibility index (Phi) is 5.51. The number of anilines is 1. The molecule has 0 radical (unpaired) electrons. The fraction of sp³-hybridized carbons (Fsp3) is 0.200. The molecule has 0 unspecified atom stereocenters. The zero-order valence-corrected chi connectivity index (χ0v) is 13.3. The van der Waals surface area contributed by atoms with E-state index in [1.54, 1.807) is 36.4 Å². The minimum Gasteiger partial charge on any atom is -0.311 e. The second-order valence-electron chi connectivity index (χ2n) is 4.74. The molecular weight excluding hydrogens is 324 g/mol. The maximum atomic E-state index is 12.0. The van der Waals surface area contributed by atoms with Crippen molar-refractivity contribution in [1.29, 1.82) is 0 Å². The Morgan fingerprint density at radius 1 is 1.14 bits per heavy atom. The molecule has 1 N–H and O–H groups in total. The summed E-state index contributed by atoms with van der Waals surface area (Å²) in [6.07, 6.45) is 1.29. The summed E-state index contributed by atoms with van der Waals surface area (Å²) in [5.41, 5.74) is 0.710. The van der Waals surface area contributed by atoms with E-state index in [9.17, 15) is 13.2 Å². The number of nitrogens with one attached hydrogen (secondary N) is 1. The molecule has 2 rings (SSSR count). The monoisotopic (exact) mass is 338 g/mol. The molecule has 0 atom stereocenters. The van der Waals surface area contributed by atoms with Gasteiger partial charge in [-0.1, -0.05) is 41.9 Å². The van der Waals surface area contributed by atoms with E-state index in [4.69, 9.17) is 11.6 Å². The van der Waals surface area contributed by atoms with Crippen molar-refractivity contribution >= 4 is 33.2 Å². The number of hydrogen-bond donors (Lipinski definition) is 1. The van der Waals surface area contributed by atoms with Crippen LogP contribution < -0.4 is 5.32 Å². The summed E-state index contributed by atoms with van der Waals surface area (Å²) in [4.78, 5) is 15.7. The Labute approximate surface area is 134 Å². The molecule has 0 saturated carbocycles. The molecule has 1 aromatic carbocycles. The number of carbonyl (C=O) groups is 1. The van der Waals surface area contributed by atoms with Crippen molar-refractivity contribution in [3.05, 3.63) is 59.2 Å². The zero-order chi connectivity index (χ0) is 16.0. The number of halogens is 1. The van der Waals surface area contributed by atoms with Crippen LogP contribution in [-0.2, 0) is 20.4 Å². The molecule has 0 fully saturated rings. The van der Waals surface area contributed by atoms with Crippen LogP contribution in [0.4, 0.5) is 5.82 Å². The van der Waals surface area contributed by atoms with Gasteiger partial charge in [-0.25, -0.2) is 13.4 Å². The first-order valence-corrected chi connectivity index (χ1v) is 8.80. The van der Waals surface area contributed by atoms with E-state index in [2.05, 4.69) is 10.3 Å². The molecule has 0 saturated heterocycles. The fourth-order valence-corrected chi connectivity index (χ4v) is 3.26. The Hall–Kier alpha value is -1.92. The number of nitrogens with zero attached hydrogens (tertiary/aromatic N) is 1. The van der Waals surface area contributed by atoms with Crippen LogP contribution in [0.15, 0.2) is 48.7 Å². The predicted molar refractivity (Wildman–Crippen MR) is 86.4 cm³/mol. The average Bonchev–Trinajstić information content (AvgIpc) is 2.48. The maximum Gasteiger partial charge on any atom is 0.226 e. The molecular formula is C15H15ClN2O3S. The lowest BCUT2D eigenvalue weighted by atomic mass is 10.2. The predicted octanol–water partition coefficient (Wildman–Crippen LogP) is 2.68. The van der Waals surface area contributed by atoms with Crippen LogP contribution in [0.3, 0.4) is 0 Å². The third kappa shape index (κ3) is 5.46. The van der Waals surface area contributed by atoms with E-state index in [0.29, 0.717) is 16.4 Å². The Morgan fingerprint density at radius 2 is 1.86 bits per heavy atom. The molecule has 7 heteroatoms. The van der Waals surface area contributed by atoms with Gasteiger partial charge in [0.25, 0.3) is 0 Å². The molecule has 2 aromatic rings. The van der Waals surface area contributed by atoms with Crippen LogP contribution in [-0.4, -0.2) is 25.1 Å². The zero-order valence-electron chi connectivity index (χ0n) is 11.7. The van der Waals surface area contributed by atoms with E-state index < -0.39 is 15.7 Å². The number of aromatic nitrogens is 1. The highest BCUT2D eigenvalue weighted by atomic mass is 35.5. The van der Waals surface area contributed by atoms with Gasteiger partial charge < -0.3 is 5.32 Å². The van der Waals surface area contributed by atoms with E-state index >= 15 is 0 Å². The Bertz CT molecular complexity index is 731. The highest BCUT2D eigenvalue weighted by molar-refractivity contribution is 7.90. The SMILES string of the molecule is O=C(CCS(=O)(=O)Cc1ccccc1)Nc1ccc(Cl)cn1. The molecule has 1 aromatic heterocycles. The first kappa shape index (κ1) is 16.5. The second-order valence-corrected chi connectivity index (χ2v) is 7.36. The molecule has 5 nitrogen and oxygen atoms in total. The van der Waals surface area contributed by atoms with Crippen molar-refractivity contribution in [3.8, 4) is 0 Å². The van der Waals surface area contributed by atoms with Gasteiger partial charge in [0.05, 0.1) is 16.5 Å². The summed E-state index contributed by atoms with van der Waals surface area (Å²) in [7, 11) is -3.33. The number of hydrogen-bond acceptors (Lipinski definition) is 4. The van der Waals surface area contributed by atoms with Crippen LogP contribution in [0.2, 0.25) is 5.02 Å². The number of rotatable bonds is 6. The molecule has 1 heterocycles. The van der Waals surface area contributed by atoms with Crippen molar-refractivity contribution in [2.75, 3.05) is 11.1 Å².